The first-order chi connectivity index (χ1) is 8.72. The summed E-state index contributed by atoms with van der Waals surface area (Å²) in [6.07, 6.45) is 3.77. The third-order valence-electron chi connectivity index (χ3n) is 3.16. The highest BCUT2D eigenvalue weighted by Crippen LogP contribution is 2.30. The average Bonchev–Trinajstić information content (AvgIpc) is 2.39. The second-order valence-corrected chi connectivity index (χ2v) is 4.58. The molecule has 1 aliphatic heterocycles. The number of hydrogen-bond donors (Lipinski definition) is 1. The van der Waals surface area contributed by atoms with Crippen LogP contribution in [0.1, 0.15) is 12.8 Å². The number of nitrogens with zero attached hydrogens (tertiary/aromatic N) is 3. The minimum absolute atomic E-state index is 0.370. The van der Waals surface area contributed by atoms with Crippen molar-refractivity contribution in [2.24, 2.45) is 5.92 Å². The molecule has 0 amide bonds. The molecule has 6 heteroatoms. The zero-order valence-corrected chi connectivity index (χ0v) is 10.9. The number of methoxy groups -OCH3 is 1. The van der Waals surface area contributed by atoms with E-state index in [1.807, 2.05) is 7.05 Å². The SMILES string of the molecule is COc1c(N)ncnc1N(C)CC1CCCOC1. The number of hydrogen-bond acceptors (Lipinski definition) is 6. The van der Waals surface area contributed by atoms with Crippen molar-refractivity contribution in [1.82, 2.24) is 9.97 Å². The topological polar surface area (TPSA) is 73.5 Å². The van der Waals surface area contributed by atoms with Crippen LogP contribution in [0.25, 0.3) is 0 Å². The van der Waals surface area contributed by atoms with Gasteiger partial charge in [-0.1, -0.05) is 0 Å². The third kappa shape index (κ3) is 2.81. The van der Waals surface area contributed by atoms with Gasteiger partial charge in [-0.25, -0.2) is 9.97 Å². The van der Waals surface area contributed by atoms with Crippen LogP contribution >= 0.6 is 0 Å². The number of nitrogen functional groups attached to an aromatic ring is 1. The van der Waals surface area contributed by atoms with Gasteiger partial charge in [-0.3, -0.25) is 0 Å². The molecule has 1 aromatic rings. The Bertz CT molecular complexity index is 394. The van der Waals surface area contributed by atoms with Gasteiger partial charge in [0, 0.05) is 20.2 Å². The summed E-state index contributed by atoms with van der Waals surface area (Å²) in [5, 5.41) is 0. The molecular formula is C12H20N4O2. The largest absolute Gasteiger partial charge is 0.490 e. The van der Waals surface area contributed by atoms with E-state index in [0.29, 0.717) is 17.5 Å². The lowest BCUT2D eigenvalue weighted by Gasteiger charge is -2.28. The smallest absolute Gasteiger partial charge is 0.204 e. The van der Waals surface area contributed by atoms with E-state index in [0.717, 1.165) is 32.0 Å². The summed E-state index contributed by atoms with van der Waals surface area (Å²) in [5.74, 6) is 2.17. The van der Waals surface area contributed by atoms with Crippen LogP contribution < -0.4 is 15.4 Å². The summed E-state index contributed by atoms with van der Waals surface area (Å²) in [5.41, 5.74) is 5.78. The highest BCUT2D eigenvalue weighted by Gasteiger charge is 2.19. The van der Waals surface area contributed by atoms with Crippen LogP contribution in [0, 0.1) is 5.92 Å². The molecular weight excluding hydrogens is 232 g/mol. The normalized spacial score (nSPS) is 19.6. The van der Waals surface area contributed by atoms with Gasteiger partial charge in [0.25, 0.3) is 0 Å². The standard InChI is InChI=1S/C12H20N4O2/c1-16(6-9-4-3-5-18-7-9)12-10(17-2)11(13)14-8-15-12/h8-9H,3-7H2,1-2H3,(H2,13,14,15). The summed E-state index contributed by atoms with van der Waals surface area (Å²) in [4.78, 5) is 10.2. The average molecular weight is 252 g/mol. The minimum Gasteiger partial charge on any atom is -0.490 e. The van der Waals surface area contributed by atoms with E-state index in [1.165, 1.54) is 12.7 Å². The number of nitrogens with two attached hydrogens (primary N) is 1. The van der Waals surface area contributed by atoms with Gasteiger partial charge in [0.15, 0.2) is 11.6 Å². The summed E-state index contributed by atoms with van der Waals surface area (Å²) < 4.78 is 10.7. The van der Waals surface area contributed by atoms with Crippen molar-refractivity contribution in [1.29, 1.82) is 0 Å². The molecule has 1 atom stereocenters. The highest BCUT2D eigenvalue weighted by molar-refractivity contribution is 5.62. The molecule has 0 spiro atoms. The Kier molecular flexibility index (Phi) is 4.19. The number of anilines is 2. The summed E-state index contributed by atoms with van der Waals surface area (Å²) in [7, 11) is 3.56. The van der Waals surface area contributed by atoms with Crippen molar-refractivity contribution in [3.63, 3.8) is 0 Å². The molecule has 1 aromatic heterocycles. The molecule has 0 aromatic carbocycles. The van der Waals surface area contributed by atoms with Crippen molar-refractivity contribution in [2.75, 3.05) is 44.5 Å². The van der Waals surface area contributed by atoms with Crippen LogP contribution in [0.5, 0.6) is 5.75 Å². The number of ether oxygens (including phenoxy) is 2. The van der Waals surface area contributed by atoms with Gasteiger partial charge in [-0.05, 0) is 18.8 Å². The predicted molar refractivity (Wildman–Crippen MR) is 69.8 cm³/mol. The molecule has 1 saturated heterocycles. The molecule has 1 fully saturated rings. The third-order valence-corrected chi connectivity index (χ3v) is 3.16. The summed E-state index contributed by atoms with van der Waals surface area (Å²) in [6.45, 7) is 2.57. The lowest BCUT2D eigenvalue weighted by Crippen LogP contribution is -2.31. The Balaban J connectivity index is 2.07. The molecule has 2 rings (SSSR count). The monoisotopic (exact) mass is 252 g/mol. The Hall–Kier alpha value is -1.56. The van der Waals surface area contributed by atoms with Crippen LogP contribution in [0.2, 0.25) is 0 Å². The molecule has 2 heterocycles. The fraction of sp³-hybridized carbons (Fsp3) is 0.667. The zero-order chi connectivity index (χ0) is 13.0. The second kappa shape index (κ2) is 5.86. The maximum atomic E-state index is 5.78. The molecule has 18 heavy (non-hydrogen) atoms. The van der Waals surface area contributed by atoms with Gasteiger partial charge in [-0.15, -0.1) is 0 Å². The first-order valence-corrected chi connectivity index (χ1v) is 6.15. The van der Waals surface area contributed by atoms with Crippen LogP contribution in [0.4, 0.5) is 11.6 Å². The molecule has 0 aliphatic carbocycles. The fourth-order valence-corrected chi connectivity index (χ4v) is 2.27. The van der Waals surface area contributed by atoms with E-state index >= 15 is 0 Å². The van der Waals surface area contributed by atoms with Gasteiger partial charge in [-0.2, -0.15) is 0 Å². The molecule has 1 aliphatic rings. The molecule has 2 N–H and O–H groups in total. The van der Waals surface area contributed by atoms with Crippen molar-refractivity contribution >= 4 is 11.6 Å². The van der Waals surface area contributed by atoms with Crippen molar-refractivity contribution in [3.8, 4) is 5.75 Å². The molecule has 100 valence electrons. The molecule has 6 nitrogen and oxygen atoms in total. The second-order valence-electron chi connectivity index (χ2n) is 4.58. The van der Waals surface area contributed by atoms with Crippen LogP contribution in [0.3, 0.4) is 0 Å². The van der Waals surface area contributed by atoms with Gasteiger partial charge in [0.1, 0.15) is 6.33 Å². The summed E-state index contributed by atoms with van der Waals surface area (Å²) >= 11 is 0. The van der Waals surface area contributed by atoms with Crippen LogP contribution in [0.15, 0.2) is 6.33 Å². The Morgan fingerprint density at radius 2 is 2.39 bits per heavy atom. The number of rotatable bonds is 4. The Morgan fingerprint density at radius 3 is 3.06 bits per heavy atom. The van der Waals surface area contributed by atoms with Gasteiger partial charge < -0.3 is 20.1 Å². The fourth-order valence-electron chi connectivity index (χ4n) is 2.27. The minimum atomic E-state index is 0.370. The molecule has 0 bridgehead atoms. The lowest BCUT2D eigenvalue weighted by atomic mass is 10.0. The van der Waals surface area contributed by atoms with Crippen LogP contribution in [-0.2, 0) is 4.74 Å². The van der Waals surface area contributed by atoms with Crippen molar-refractivity contribution in [3.05, 3.63) is 6.33 Å². The summed E-state index contributed by atoms with van der Waals surface area (Å²) in [6, 6.07) is 0. The van der Waals surface area contributed by atoms with Gasteiger partial charge in [0.2, 0.25) is 5.75 Å². The quantitative estimate of drug-likeness (QED) is 0.859. The first-order valence-electron chi connectivity index (χ1n) is 6.15. The maximum absolute atomic E-state index is 5.78. The van der Waals surface area contributed by atoms with E-state index in [1.54, 1.807) is 7.11 Å². The maximum Gasteiger partial charge on any atom is 0.204 e. The predicted octanol–water partition coefficient (Wildman–Crippen LogP) is 0.930. The van der Waals surface area contributed by atoms with E-state index < -0.39 is 0 Å². The highest BCUT2D eigenvalue weighted by atomic mass is 16.5. The van der Waals surface area contributed by atoms with Crippen molar-refractivity contribution < 1.29 is 9.47 Å². The molecule has 0 saturated carbocycles. The Morgan fingerprint density at radius 1 is 1.56 bits per heavy atom. The zero-order valence-electron chi connectivity index (χ0n) is 10.9. The van der Waals surface area contributed by atoms with E-state index in [2.05, 4.69) is 14.9 Å². The van der Waals surface area contributed by atoms with E-state index in [4.69, 9.17) is 15.2 Å². The van der Waals surface area contributed by atoms with Gasteiger partial charge >= 0.3 is 0 Å². The molecule has 0 radical (unpaired) electrons. The van der Waals surface area contributed by atoms with E-state index in [-0.39, 0.29) is 0 Å². The lowest BCUT2D eigenvalue weighted by molar-refractivity contribution is 0.0575. The Labute approximate surface area is 107 Å². The van der Waals surface area contributed by atoms with Crippen LogP contribution in [-0.4, -0.2) is 43.9 Å². The van der Waals surface area contributed by atoms with Crippen molar-refractivity contribution in [2.45, 2.75) is 12.8 Å². The van der Waals surface area contributed by atoms with Gasteiger partial charge in [0.05, 0.1) is 13.7 Å². The molecule has 1 unspecified atom stereocenters. The number of aromatic nitrogens is 2. The van der Waals surface area contributed by atoms with E-state index in [9.17, 15) is 0 Å². The first kappa shape index (κ1) is 12.9.